The Hall–Kier alpha value is -1.68. The zero-order chi connectivity index (χ0) is 13.0. The zero-order valence-corrected chi connectivity index (χ0v) is 10.6. The number of carbonyl (C=O) groups is 2. The molecule has 4 heteroatoms. The van der Waals surface area contributed by atoms with Gasteiger partial charge in [-0.2, -0.15) is 0 Å². The number of rotatable bonds is 5. The van der Waals surface area contributed by atoms with Gasteiger partial charge in [-0.3, -0.25) is 19.8 Å². The Balaban J connectivity index is 2.10. The fourth-order valence-corrected chi connectivity index (χ4v) is 2.49. The van der Waals surface area contributed by atoms with Crippen LogP contribution in [0.5, 0.6) is 0 Å². The SMILES string of the molecule is CCCC(C(=O)NC=O)N1Cc2ccccc2C1. The fourth-order valence-electron chi connectivity index (χ4n) is 2.49. The van der Waals surface area contributed by atoms with Crippen molar-refractivity contribution in [2.24, 2.45) is 0 Å². The van der Waals surface area contributed by atoms with E-state index in [0.717, 1.165) is 25.9 Å². The summed E-state index contributed by atoms with van der Waals surface area (Å²) in [7, 11) is 0. The Morgan fingerprint density at radius 3 is 2.50 bits per heavy atom. The summed E-state index contributed by atoms with van der Waals surface area (Å²) in [4.78, 5) is 24.4. The molecule has 0 radical (unpaired) electrons. The molecule has 0 fully saturated rings. The molecule has 1 heterocycles. The van der Waals surface area contributed by atoms with Crippen molar-refractivity contribution >= 4 is 12.3 Å². The highest BCUT2D eigenvalue weighted by atomic mass is 16.2. The summed E-state index contributed by atoms with van der Waals surface area (Å²) in [5, 5.41) is 2.27. The molecule has 1 aromatic rings. The number of benzene rings is 1. The van der Waals surface area contributed by atoms with E-state index in [9.17, 15) is 9.59 Å². The third-order valence-corrected chi connectivity index (χ3v) is 3.37. The van der Waals surface area contributed by atoms with Crippen LogP contribution in [0.15, 0.2) is 24.3 Å². The first kappa shape index (κ1) is 12.8. The molecule has 0 saturated carbocycles. The molecule has 0 spiro atoms. The third-order valence-electron chi connectivity index (χ3n) is 3.37. The van der Waals surface area contributed by atoms with Crippen molar-refractivity contribution in [3.8, 4) is 0 Å². The minimum atomic E-state index is -0.215. The fraction of sp³-hybridized carbons (Fsp3) is 0.429. The van der Waals surface area contributed by atoms with Crippen molar-refractivity contribution in [2.75, 3.05) is 0 Å². The molecule has 1 aliphatic rings. The van der Waals surface area contributed by atoms with Gasteiger partial charge in [0.25, 0.3) is 0 Å². The van der Waals surface area contributed by atoms with Crippen LogP contribution in [0.4, 0.5) is 0 Å². The molecule has 1 atom stereocenters. The monoisotopic (exact) mass is 246 g/mol. The molecule has 0 aliphatic carbocycles. The normalized spacial score (nSPS) is 16.1. The van der Waals surface area contributed by atoms with Crippen LogP contribution in [-0.2, 0) is 22.7 Å². The number of nitrogens with one attached hydrogen (secondary N) is 1. The summed E-state index contributed by atoms with van der Waals surface area (Å²) in [5.41, 5.74) is 2.55. The molecule has 1 unspecified atom stereocenters. The van der Waals surface area contributed by atoms with Crippen molar-refractivity contribution in [2.45, 2.75) is 38.9 Å². The standard InChI is InChI=1S/C14H18N2O2/c1-2-5-13(14(18)15-10-17)16-8-11-6-3-4-7-12(11)9-16/h3-4,6-7,10,13H,2,5,8-9H2,1H3,(H,15,17,18). The molecule has 0 bridgehead atoms. The van der Waals surface area contributed by atoms with Crippen LogP contribution in [0.25, 0.3) is 0 Å². The van der Waals surface area contributed by atoms with Gasteiger partial charge in [-0.05, 0) is 17.5 Å². The summed E-state index contributed by atoms with van der Waals surface area (Å²) in [6.07, 6.45) is 2.16. The lowest BCUT2D eigenvalue weighted by Crippen LogP contribution is -2.44. The highest BCUT2D eigenvalue weighted by molar-refractivity contribution is 5.90. The van der Waals surface area contributed by atoms with E-state index in [1.165, 1.54) is 11.1 Å². The molecular formula is C14H18N2O2. The maximum Gasteiger partial charge on any atom is 0.243 e. The highest BCUT2D eigenvalue weighted by Crippen LogP contribution is 2.25. The van der Waals surface area contributed by atoms with Gasteiger partial charge in [-0.15, -0.1) is 0 Å². The summed E-state index contributed by atoms with van der Waals surface area (Å²) >= 11 is 0. The highest BCUT2D eigenvalue weighted by Gasteiger charge is 2.29. The molecule has 1 aliphatic heterocycles. The lowest BCUT2D eigenvalue weighted by molar-refractivity contribution is -0.130. The third kappa shape index (κ3) is 2.59. The predicted molar refractivity (Wildman–Crippen MR) is 68.6 cm³/mol. The van der Waals surface area contributed by atoms with Crippen LogP contribution in [-0.4, -0.2) is 23.3 Å². The molecule has 96 valence electrons. The van der Waals surface area contributed by atoms with E-state index in [2.05, 4.69) is 22.3 Å². The molecule has 0 aromatic heterocycles. The number of nitrogens with zero attached hydrogens (tertiary/aromatic N) is 1. The van der Waals surface area contributed by atoms with Crippen molar-refractivity contribution in [1.29, 1.82) is 0 Å². The van der Waals surface area contributed by atoms with Crippen LogP contribution in [0.1, 0.15) is 30.9 Å². The van der Waals surface area contributed by atoms with Crippen LogP contribution in [0, 0.1) is 0 Å². The van der Waals surface area contributed by atoms with Gasteiger partial charge < -0.3 is 0 Å². The Kier molecular flexibility index (Phi) is 4.10. The average molecular weight is 246 g/mol. The molecule has 4 nitrogen and oxygen atoms in total. The number of carbonyl (C=O) groups excluding carboxylic acids is 2. The Morgan fingerprint density at radius 2 is 2.00 bits per heavy atom. The summed E-state index contributed by atoms with van der Waals surface area (Å²) in [6.45, 7) is 3.62. The Morgan fingerprint density at radius 1 is 1.39 bits per heavy atom. The van der Waals surface area contributed by atoms with Crippen molar-refractivity contribution in [3.05, 3.63) is 35.4 Å². The Labute approximate surface area is 107 Å². The smallest absolute Gasteiger partial charge is 0.243 e. The molecule has 1 N–H and O–H groups in total. The van der Waals surface area contributed by atoms with Crippen LogP contribution < -0.4 is 5.32 Å². The molecule has 2 amide bonds. The van der Waals surface area contributed by atoms with Crippen LogP contribution in [0.2, 0.25) is 0 Å². The number of hydrogen-bond acceptors (Lipinski definition) is 3. The Bertz CT molecular complexity index is 420. The van der Waals surface area contributed by atoms with Gasteiger partial charge in [0.1, 0.15) is 0 Å². The van der Waals surface area contributed by atoms with Gasteiger partial charge in [-0.1, -0.05) is 37.6 Å². The van der Waals surface area contributed by atoms with Gasteiger partial charge in [0, 0.05) is 13.1 Å². The second-order valence-corrected chi connectivity index (χ2v) is 4.60. The lowest BCUT2D eigenvalue weighted by Gasteiger charge is -2.25. The van der Waals surface area contributed by atoms with E-state index in [0.29, 0.717) is 6.41 Å². The van der Waals surface area contributed by atoms with Crippen LogP contribution >= 0.6 is 0 Å². The molecule has 2 rings (SSSR count). The maximum atomic E-state index is 11.9. The molecular weight excluding hydrogens is 228 g/mol. The van der Waals surface area contributed by atoms with Crippen molar-refractivity contribution in [3.63, 3.8) is 0 Å². The van der Waals surface area contributed by atoms with E-state index >= 15 is 0 Å². The second kappa shape index (κ2) is 5.78. The number of amides is 2. The summed E-state index contributed by atoms with van der Waals surface area (Å²) in [5.74, 6) is -0.195. The predicted octanol–water partition coefficient (Wildman–Crippen LogP) is 1.44. The lowest BCUT2D eigenvalue weighted by atomic mass is 10.1. The van der Waals surface area contributed by atoms with Gasteiger partial charge in [-0.25, -0.2) is 0 Å². The second-order valence-electron chi connectivity index (χ2n) is 4.60. The number of hydrogen-bond donors (Lipinski definition) is 1. The minimum Gasteiger partial charge on any atom is -0.298 e. The largest absolute Gasteiger partial charge is 0.298 e. The van der Waals surface area contributed by atoms with Crippen molar-refractivity contribution < 1.29 is 9.59 Å². The van der Waals surface area contributed by atoms with E-state index < -0.39 is 0 Å². The minimum absolute atomic E-state index is 0.195. The van der Waals surface area contributed by atoms with E-state index in [1.807, 2.05) is 19.1 Å². The zero-order valence-electron chi connectivity index (χ0n) is 10.6. The molecule has 18 heavy (non-hydrogen) atoms. The van der Waals surface area contributed by atoms with Gasteiger partial charge in [0.15, 0.2) is 0 Å². The molecule has 1 aromatic carbocycles. The average Bonchev–Trinajstić information content (AvgIpc) is 2.79. The first-order chi connectivity index (χ1) is 8.76. The van der Waals surface area contributed by atoms with E-state index in [-0.39, 0.29) is 11.9 Å². The van der Waals surface area contributed by atoms with E-state index in [4.69, 9.17) is 0 Å². The number of imide groups is 1. The van der Waals surface area contributed by atoms with Gasteiger partial charge in [0.2, 0.25) is 12.3 Å². The first-order valence-corrected chi connectivity index (χ1v) is 6.31. The van der Waals surface area contributed by atoms with E-state index in [1.54, 1.807) is 0 Å². The first-order valence-electron chi connectivity index (χ1n) is 6.31. The molecule has 0 saturated heterocycles. The van der Waals surface area contributed by atoms with Gasteiger partial charge in [0.05, 0.1) is 6.04 Å². The summed E-state index contributed by atoms with van der Waals surface area (Å²) < 4.78 is 0. The summed E-state index contributed by atoms with van der Waals surface area (Å²) in [6, 6.07) is 8.00. The number of fused-ring (bicyclic) bond motifs is 1. The topological polar surface area (TPSA) is 49.4 Å². The quantitative estimate of drug-likeness (QED) is 0.800. The maximum absolute atomic E-state index is 11.9. The van der Waals surface area contributed by atoms with Crippen molar-refractivity contribution in [1.82, 2.24) is 10.2 Å². The van der Waals surface area contributed by atoms with Crippen LogP contribution in [0.3, 0.4) is 0 Å². The van der Waals surface area contributed by atoms with Gasteiger partial charge >= 0.3 is 0 Å².